The van der Waals surface area contributed by atoms with E-state index in [1.54, 1.807) is 24.3 Å². The van der Waals surface area contributed by atoms with Crippen LogP contribution in [-0.4, -0.2) is 22.8 Å². The number of aliphatic hydroxyl groups excluding tert-OH is 1. The molecule has 0 aromatic heterocycles. The summed E-state index contributed by atoms with van der Waals surface area (Å²) in [5, 5.41) is 17.9. The minimum Gasteiger partial charge on any atom is -0.481 e. The number of aliphatic hydroxyl groups is 1. The highest BCUT2D eigenvalue weighted by molar-refractivity contribution is 5.77. The van der Waals surface area contributed by atoms with Gasteiger partial charge in [-0.15, -0.1) is 0 Å². The Morgan fingerprint density at radius 3 is 2.37 bits per heavy atom. The van der Waals surface area contributed by atoms with Gasteiger partial charge in [0, 0.05) is 5.56 Å². The monoisotopic (exact) mass is 260 g/mol. The van der Waals surface area contributed by atoms with Gasteiger partial charge in [0.1, 0.15) is 11.7 Å². The summed E-state index contributed by atoms with van der Waals surface area (Å²) in [5.74, 6) is -2.77. The summed E-state index contributed by atoms with van der Waals surface area (Å²) >= 11 is 0. The van der Waals surface area contributed by atoms with Crippen molar-refractivity contribution in [1.82, 2.24) is 0 Å². The minimum absolute atomic E-state index is 0.257. The molecule has 19 heavy (non-hydrogen) atoms. The predicted molar refractivity (Wildman–Crippen MR) is 69.3 cm³/mol. The maximum atomic E-state index is 14.0. The molecule has 0 saturated carbocycles. The molecule has 4 heteroatoms. The Labute approximate surface area is 109 Å². The third kappa shape index (κ3) is 2.80. The molecule has 0 saturated heterocycles. The third-order valence-corrected chi connectivity index (χ3v) is 2.96. The van der Waals surface area contributed by atoms with Crippen molar-refractivity contribution in [1.29, 1.82) is 0 Å². The summed E-state index contributed by atoms with van der Waals surface area (Å²) in [6.07, 6.45) is 0. The Hall–Kier alpha value is -2.20. The lowest BCUT2D eigenvalue weighted by Gasteiger charge is -2.11. The van der Waals surface area contributed by atoms with Crippen LogP contribution >= 0.6 is 0 Å². The van der Waals surface area contributed by atoms with Gasteiger partial charge in [-0.05, 0) is 17.2 Å². The molecule has 1 atom stereocenters. The number of carboxylic acid groups (broad SMARTS) is 1. The van der Waals surface area contributed by atoms with E-state index in [-0.39, 0.29) is 5.56 Å². The molecule has 3 nitrogen and oxygen atoms in total. The van der Waals surface area contributed by atoms with Crippen molar-refractivity contribution in [2.75, 3.05) is 6.61 Å². The van der Waals surface area contributed by atoms with Gasteiger partial charge >= 0.3 is 5.97 Å². The average Bonchev–Trinajstić information content (AvgIpc) is 2.40. The number of benzene rings is 2. The Morgan fingerprint density at radius 2 is 1.84 bits per heavy atom. The van der Waals surface area contributed by atoms with Crippen LogP contribution in [-0.2, 0) is 4.79 Å². The van der Waals surface area contributed by atoms with Crippen molar-refractivity contribution in [3.63, 3.8) is 0 Å². The van der Waals surface area contributed by atoms with Crippen molar-refractivity contribution in [3.8, 4) is 11.1 Å². The van der Waals surface area contributed by atoms with E-state index in [0.717, 1.165) is 11.6 Å². The number of hydrogen-bond acceptors (Lipinski definition) is 2. The molecule has 1 unspecified atom stereocenters. The number of carboxylic acids is 1. The number of halogens is 1. The van der Waals surface area contributed by atoms with Gasteiger partial charge in [-0.25, -0.2) is 4.39 Å². The largest absolute Gasteiger partial charge is 0.481 e. The van der Waals surface area contributed by atoms with Crippen molar-refractivity contribution in [3.05, 3.63) is 59.9 Å². The minimum atomic E-state index is -1.17. The molecule has 0 heterocycles. The van der Waals surface area contributed by atoms with Gasteiger partial charge in [-0.2, -0.15) is 0 Å². The molecule has 2 N–H and O–H groups in total. The van der Waals surface area contributed by atoms with E-state index in [4.69, 9.17) is 10.2 Å². The first-order chi connectivity index (χ1) is 9.13. The van der Waals surface area contributed by atoms with E-state index in [1.165, 1.54) is 12.1 Å². The van der Waals surface area contributed by atoms with Crippen molar-refractivity contribution in [2.24, 2.45) is 0 Å². The molecule has 0 aliphatic carbocycles. The van der Waals surface area contributed by atoms with Gasteiger partial charge in [-0.1, -0.05) is 42.5 Å². The average molecular weight is 260 g/mol. The smallest absolute Gasteiger partial charge is 0.313 e. The SMILES string of the molecule is O=C(O)C(CO)c1ccc(-c2ccccc2)c(F)c1. The zero-order valence-corrected chi connectivity index (χ0v) is 10.1. The van der Waals surface area contributed by atoms with E-state index in [2.05, 4.69) is 0 Å². The molecular formula is C15H13FO3. The second-order valence-electron chi connectivity index (χ2n) is 4.18. The van der Waals surface area contributed by atoms with Crippen LogP contribution in [0.1, 0.15) is 11.5 Å². The molecule has 0 amide bonds. The van der Waals surface area contributed by atoms with E-state index >= 15 is 0 Å². The Morgan fingerprint density at radius 1 is 1.16 bits per heavy atom. The van der Waals surface area contributed by atoms with Crippen molar-refractivity contribution < 1.29 is 19.4 Å². The lowest BCUT2D eigenvalue weighted by Crippen LogP contribution is -2.15. The molecule has 0 aliphatic heterocycles. The molecule has 98 valence electrons. The van der Waals surface area contributed by atoms with Gasteiger partial charge < -0.3 is 10.2 Å². The lowest BCUT2D eigenvalue weighted by molar-refractivity contribution is -0.139. The molecule has 0 spiro atoms. The molecule has 0 aliphatic rings. The van der Waals surface area contributed by atoms with E-state index in [0.29, 0.717) is 5.56 Å². The molecule has 2 aromatic carbocycles. The number of carbonyl (C=O) groups is 1. The third-order valence-electron chi connectivity index (χ3n) is 2.96. The van der Waals surface area contributed by atoms with Crippen LogP contribution in [0.2, 0.25) is 0 Å². The molecule has 0 bridgehead atoms. The van der Waals surface area contributed by atoms with Gasteiger partial charge in [0.05, 0.1) is 6.61 Å². The molecule has 0 radical (unpaired) electrons. The topological polar surface area (TPSA) is 57.5 Å². The summed E-state index contributed by atoms with van der Waals surface area (Å²) in [7, 11) is 0. The first-order valence-electron chi connectivity index (χ1n) is 5.82. The van der Waals surface area contributed by atoms with Gasteiger partial charge in [-0.3, -0.25) is 4.79 Å². The zero-order valence-electron chi connectivity index (χ0n) is 10.1. The van der Waals surface area contributed by atoms with Crippen molar-refractivity contribution in [2.45, 2.75) is 5.92 Å². The Balaban J connectivity index is 2.40. The van der Waals surface area contributed by atoms with Crippen LogP contribution in [0.15, 0.2) is 48.5 Å². The standard InChI is InChI=1S/C15H13FO3/c16-14-8-11(13(9-17)15(18)19)6-7-12(14)10-4-2-1-3-5-10/h1-8,13,17H,9H2,(H,18,19). The second kappa shape index (κ2) is 5.63. The van der Waals surface area contributed by atoms with Crippen LogP contribution in [0.3, 0.4) is 0 Å². The quantitative estimate of drug-likeness (QED) is 0.888. The molecular weight excluding hydrogens is 247 g/mol. The highest BCUT2D eigenvalue weighted by Gasteiger charge is 2.20. The highest BCUT2D eigenvalue weighted by Crippen LogP contribution is 2.26. The van der Waals surface area contributed by atoms with Crippen LogP contribution in [0.4, 0.5) is 4.39 Å². The number of rotatable bonds is 4. The Kier molecular flexibility index (Phi) is 3.92. The zero-order chi connectivity index (χ0) is 13.8. The lowest BCUT2D eigenvalue weighted by atomic mass is 9.96. The second-order valence-corrected chi connectivity index (χ2v) is 4.18. The molecule has 0 fully saturated rings. The van der Waals surface area contributed by atoms with Gasteiger partial charge in [0.15, 0.2) is 0 Å². The summed E-state index contributed by atoms with van der Waals surface area (Å²) in [6.45, 7) is -0.556. The summed E-state index contributed by atoms with van der Waals surface area (Å²) < 4.78 is 14.0. The Bertz CT molecular complexity index is 581. The fourth-order valence-electron chi connectivity index (χ4n) is 1.93. The fourth-order valence-corrected chi connectivity index (χ4v) is 1.93. The van der Waals surface area contributed by atoms with Crippen LogP contribution < -0.4 is 0 Å². The maximum absolute atomic E-state index is 14.0. The van der Waals surface area contributed by atoms with E-state index in [9.17, 15) is 9.18 Å². The van der Waals surface area contributed by atoms with Crippen molar-refractivity contribution >= 4 is 5.97 Å². The van der Waals surface area contributed by atoms with Crippen LogP contribution in [0, 0.1) is 5.82 Å². The summed E-state index contributed by atoms with van der Waals surface area (Å²) in [6, 6.07) is 13.2. The normalized spacial score (nSPS) is 12.1. The summed E-state index contributed by atoms with van der Waals surface area (Å²) in [5.41, 5.74) is 1.39. The first-order valence-corrected chi connectivity index (χ1v) is 5.82. The van der Waals surface area contributed by atoms with Crippen LogP contribution in [0.5, 0.6) is 0 Å². The van der Waals surface area contributed by atoms with Crippen LogP contribution in [0.25, 0.3) is 11.1 Å². The van der Waals surface area contributed by atoms with Gasteiger partial charge in [0.2, 0.25) is 0 Å². The highest BCUT2D eigenvalue weighted by atomic mass is 19.1. The fraction of sp³-hybridized carbons (Fsp3) is 0.133. The number of aliphatic carboxylic acids is 1. The predicted octanol–water partition coefficient (Wildman–Crippen LogP) is 2.65. The van der Waals surface area contributed by atoms with E-state index < -0.39 is 24.3 Å². The van der Waals surface area contributed by atoms with E-state index in [1.807, 2.05) is 6.07 Å². The molecule has 2 rings (SSSR count). The maximum Gasteiger partial charge on any atom is 0.313 e. The van der Waals surface area contributed by atoms with Gasteiger partial charge in [0.25, 0.3) is 0 Å². The number of hydrogen-bond donors (Lipinski definition) is 2. The first kappa shape index (κ1) is 13.2. The molecule has 2 aromatic rings. The summed E-state index contributed by atoms with van der Waals surface area (Å²) in [4.78, 5) is 10.9.